The quantitative estimate of drug-likeness (QED) is 0.891. The van der Waals surface area contributed by atoms with Gasteiger partial charge in [0.15, 0.2) is 0 Å². The number of amides is 1. The van der Waals surface area contributed by atoms with Crippen molar-refractivity contribution >= 4 is 23.2 Å². The molecule has 1 aromatic rings. The predicted molar refractivity (Wildman–Crippen MR) is 81.2 cm³/mol. The van der Waals surface area contributed by atoms with Crippen molar-refractivity contribution in [3.63, 3.8) is 0 Å². The van der Waals surface area contributed by atoms with Gasteiger partial charge in [0.2, 0.25) is 5.91 Å². The Morgan fingerprint density at radius 2 is 2.38 bits per heavy atom. The van der Waals surface area contributed by atoms with Crippen LogP contribution in [0, 0.1) is 11.3 Å². The number of hydrogen-bond donors (Lipinski definition) is 2. The molecule has 1 fully saturated rings. The fourth-order valence-corrected chi connectivity index (χ4v) is 2.90. The summed E-state index contributed by atoms with van der Waals surface area (Å²) in [5, 5.41) is 22.9. The Morgan fingerprint density at radius 3 is 3.05 bits per heavy atom. The monoisotopic (exact) mass is 307 g/mol. The Bertz CT molecular complexity index is 585. The number of nitriles is 1. The molecule has 0 bridgehead atoms. The van der Waals surface area contributed by atoms with E-state index in [1.165, 1.54) is 0 Å². The predicted octanol–water partition coefficient (Wildman–Crippen LogP) is 1.68. The third kappa shape index (κ3) is 3.66. The first-order valence-electron chi connectivity index (χ1n) is 6.85. The molecule has 6 heteroatoms. The lowest BCUT2D eigenvalue weighted by molar-refractivity contribution is -0.125. The number of aliphatic hydroxyl groups is 1. The van der Waals surface area contributed by atoms with Gasteiger partial charge in [-0.05, 0) is 31.0 Å². The molecule has 0 saturated carbocycles. The first-order chi connectivity index (χ1) is 9.97. The average Bonchev–Trinajstić information content (AvgIpc) is 2.46. The highest BCUT2D eigenvalue weighted by atomic mass is 35.5. The van der Waals surface area contributed by atoms with E-state index in [-0.39, 0.29) is 12.3 Å². The zero-order valence-electron chi connectivity index (χ0n) is 11.9. The minimum atomic E-state index is -1.06. The molecule has 21 heavy (non-hydrogen) atoms. The van der Waals surface area contributed by atoms with Crippen molar-refractivity contribution in [3.05, 3.63) is 28.8 Å². The van der Waals surface area contributed by atoms with E-state index in [9.17, 15) is 15.2 Å². The van der Waals surface area contributed by atoms with Gasteiger partial charge in [0.1, 0.15) is 6.07 Å². The summed E-state index contributed by atoms with van der Waals surface area (Å²) in [6.07, 6.45) is 1.41. The largest absolute Gasteiger partial charge is 0.388 e. The van der Waals surface area contributed by atoms with E-state index in [2.05, 4.69) is 11.4 Å². The van der Waals surface area contributed by atoms with Gasteiger partial charge in [-0.25, -0.2) is 0 Å². The van der Waals surface area contributed by atoms with Crippen molar-refractivity contribution < 1.29 is 9.90 Å². The number of carbonyl (C=O) groups excluding carboxylic acids is 1. The Balaban J connectivity index is 2.22. The number of halogens is 1. The minimum absolute atomic E-state index is 0.0650. The number of nitrogens with one attached hydrogen (secondary N) is 1. The van der Waals surface area contributed by atoms with Crippen LogP contribution in [0.15, 0.2) is 18.2 Å². The molecule has 1 unspecified atom stereocenters. The van der Waals surface area contributed by atoms with Gasteiger partial charge in [-0.3, -0.25) is 4.79 Å². The molecular formula is C15H18ClN3O2. The summed E-state index contributed by atoms with van der Waals surface area (Å²) >= 11 is 5.91. The summed E-state index contributed by atoms with van der Waals surface area (Å²) in [5.74, 6) is -0.184. The van der Waals surface area contributed by atoms with Crippen LogP contribution in [0.25, 0.3) is 0 Å². The summed E-state index contributed by atoms with van der Waals surface area (Å²) in [6, 6.07) is 7.25. The van der Waals surface area contributed by atoms with Crippen LogP contribution in [-0.4, -0.2) is 36.8 Å². The van der Waals surface area contributed by atoms with Crippen LogP contribution in [0.4, 0.5) is 5.69 Å². The van der Waals surface area contributed by atoms with Crippen LogP contribution in [0.5, 0.6) is 0 Å². The lowest BCUT2D eigenvalue weighted by atomic mass is 9.88. The Labute approximate surface area is 129 Å². The maximum absolute atomic E-state index is 11.5. The standard InChI is InChI=1S/C15H18ClN3O2/c1-18-14(20)8-15(21)5-2-6-19(10-15)13-4-3-12(16)7-11(13)9-17/h3-4,7,21H,2,5-6,8,10H2,1H3,(H,18,20). The van der Waals surface area contributed by atoms with Gasteiger partial charge in [-0.1, -0.05) is 11.6 Å². The second-order valence-corrected chi connectivity index (χ2v) is 5.81. The van der Waals surface area contributed by atoms with Crippen LogP contribution in [0.1, 0.15) is 24.8 Å². The normalized spacial score (nSPS) is 21.7. The summed E-state index contributed by atoms with van der Waals surface area (Å²) in [4.78, 5) is 13.5. The molecule has 1 saturated heterocycles. The van der Waals surface area contributed by atoms with Crippen molar-refractivity contribution in [2.45, 2.75) is 24.9 Å². The molecule has 2 N–H and O–H groups in total. The van der Waals surface area contributed by atoms with Gasteiger partial charge in [-0.2, -0.15) is 5.26 Å². The number of rotatable bonds is 3. The molecule has 5 nitrogen and oxygen atoms in total. The Morgan fingerprint density at radius 1 is 1.62 bits per heavy atom. The number of benzene rings is 1. The minimum Gasteiger partial charge on any atom is -0.388 e. The molecule has 0 spiro atoms. The second kappa shape index (κ2) is 6.33. The van der Waals surface area contributed by atoms with Gasteiger partial charge in [0, 0.05) is 25.2 Å². The zero-order valence-corrected chi connectivity index (χ0v) is 12.7. The zero-order chi connectivity index (χ0) is 15.5. The SMILES string of the molecule is CNC(=O)CC1(O)CCCN(c2ccc(Cl)cc2C#N)C1. The van der Waals surface area contributed by atoms with E-state index >= 15 is 0 Å². The molecule has 1 atom stereocenters. The van der Waals surface area contributed by atoms with E-state index in [0.717, 1.165) is 18.7 Å². The molecule has 0 aliphatic carbocycles. The fourth-order valence-electron chi connectivity index (χ4n) is 2.72. The van der Waals surface area contributed by atoms with Crippen molar-refractivity contribution in [2.75, 3.05) is 25.0 Å². The van der Waals surface area contributed by atoms with Crippen molar-refractivity contribution in [1.82, 2.24) is 5.32 Å². The van der Waals surface area contributed by atoms with E-state index in [1.54, 1.807) is 25.2 Å². The van der Waals surface area contributed by atoms with Crippen molar-refractivity contribution in [3.8, 4) is 6.07 Å². The van der Waals surface area contributed by atoms with Gasteiger partial charge in [0.25, 0.3) is 0 Å². The number of piperidine rings is 1. The highest BCUT2D eigenvalue weighted by molar-refractivity contribution is 6.30. The second-order valence-electron chi connectivity index (χ2n) is 5.37. The first kappa shape index (κ1) is 15.6. The molecule has 1 aliphatic heterocycles. The molecule has 1 amide bonds. The number of hydrogen-bond acceptors (Lipinski definition) is 4. The van der Waals surface area contributed by atoms with Crippen LogP contribution in [0.2, 0.25) is 5.02 Å². The third-order valence-electron chi connectivity index (χ3n) is 3.74. The van der Waals surface area contributed by atoms with Crippen LogP contribution >= 0.6 is 11.6 Å². The highest BCUT2D eigenvalue weighted by Crippen LogP contribution is 2.31. The first-order valence-corrected chi connectivity index (χ1v) is 7.23. The fraction of sp³-hybridized carbons (Fsp3) is 0.467. The number of nitrogens with zero attached hydrogens (tertiary/aromatic N) is 2. The maximum atomic E-state index is 11.5. The van der Waals surface area contributed by atoms with Crippen LogP contribution in [0.3, 0.4) is 0 Å². The topological polar surface area (TPSA) is 76.4 Å². The van der Waals surface area contributed by atoms with E-state index in [4.69, 9.17) is 11.6 Å². The molecule has 1 aromatic carbocycles. The van der Waals surface area contributed by atoms with Gasteiger partial charge >= 0.3 is 0 Å². The van der Waals surface area contributed by atoms with E-state index in [0.29, 0.717) is 23.6 Å². The molecule has 1 aliphatic rings. The van der Waals surface area contributed by atoms with Crippen molar-refractivity contribution in [1.29, 1.82) is 5.26 Å². The van der Waals surface area contributed by atoms with Crippen LogP contribution in [-0.2, 0) is 4.79 Å². The molecular weight excluding hydrogens is 290 g/mol. The number of β-amino-alcohol motifs (C(OH)–C–C–N with tert-alkyl or cyclic N) is 1. The lowest BCUT2D eigenvalue weighted by Gasteiger charge is -2.40. The van der Waals surface area contributed by atoms with Crippen molar-refractivity contribution in [2.24, 2.45) is 0 Å². The summed E-state index contributed by atoms with van der Waals surface area (Å²) in [6.45, 7) is 1.07. The van der Waals surface area contributed by atoms with Crippen LogP contribution < -0.4 is 10.2 Å². The molecule has 2 rings (SSSR count). The van der Waals surface area contributed by atoms with Gasteiger partial charge in [0.05, 0.1) is 23.3 Å². The third-order valence-corrected chi connectivity index (χ3v) is 3.98. The Hall–Kier alpha value is -1.77. The Kier molecular flexibility index (Phi) is 4.71. The summed E-state index contributed by atoms with van der Waals surface area (Å²) < 4.78 is 0. The molecule has 1 heterocycles. The molecule has 0 aromatic heterocycles. The number of carbonyl (C=O) groups is 1. The maximum Gasteiger partial charge on any atom is 0.222 e. The summed E-state index contributed by atoms with van der Waals surface area (Å²) in [5.41, 5.74) is 0.161. The van der Waals surface area contributed by atoms with E-state index in [1.807, 2.05) is 4.90 Å². The highest BCUT2D eigenvalue weighted by Gasteiger charge is 2.35. The van der Waals surface area contributed by atoms with Gasteiger partial charge in [-0.15, -0.1) is 0 Å². The summed E-state index contributed by atoms with van der Waals surface area (Å²) in [7, 11) is 1.55. The molecule has 0 radical (unpaired) electrons. The smallest absolute Gasteiger partial charge is 0.222 e. The molecule has 112 valence electrons. The van der Waals surface area contributed by atoms with Gasteiger partial charge < -0.3 is 15.3 Å². The average molecular weight is 308 g/mol. The van der Waals surface area contributed by atoms with E-state index < -0.39 is 5.60 Å². The lowest BCUT2D eigenvalue weighted by Crippen LogP contribution is -2.50. The number of anilines is 1.